The van der Waals surface area contributed by atoms with E-state index < -0.39 is 10.0 Å². The van der Waals surface area contributed by atoms with Crippen molar-refractivity contribution in [2.75, 3.05) is 13.1 Å². The van der Waals surface area contributed by atoms with Gasteiger partial charge in [0.1, 0.15) is 0 Å². The maximum atomic E-state index is 12.5. The van der Waals surface area contributed by atoms with Crippen LogP contribution in [0.2, 0.25) is 0 Å². The van der Waals surface area contributed by atoms with Gasteiger partial charge in [0.15, 0.2) is 0 Å². The van der Waals surface area contributed by atoms with Crippen LogP contribution in [0.25, 0.3) is 0 Å². The topological polar surface area (TPSA) is 80.5 Å². The summed E-state index contributed by atoms with van der Waals surface area (Å²) in [5.41, 5.74) is 0.305. The molecule has 0 aliphatic heterocycles. The van der Waals surface area contributed by atoms with Crippen LogP contribution in [0.15, 0.2) is 27.6 Å². The van der Waals surface area contributed by atoms with Crippen LogP contribution in [0.5, 0.6) is 0 Å². The zero-order valence-electron chi connectivity index (χ0n) is 11.8. The average molecular weight is 363 g/mol. The summed E-state index contributed by atoms with van der Waals surface area (Å²) in [6.07, 6.45) is 0. The van der Waals surface area contributed by atoms with E-state index in [4.69, 9.17) is 5.14 Å². The molecule has 1 aromatic carbocycles. The summed E-state index contributed by atoms with van der Waals surface area (Å²) in [6.45, 7) is 7.10. The van der Waals surface area contributed by atoms with Crippen molar-refractivity contribution in [3.05, 3.63) is 28.2 Å². The molecule has 1 rings (SSSR count). The zero-order chi connectivity index (χ0) is 15.5. The largest absolute Gasteiger partial charge is 0.339 e. The Morgan fingerprint density at radius 2 is 2.00 bits per heavy atom. The predicted octanol–water partition coefficient (Wildman–Crippen LogP) is 2.21. The number of nitrogens with two attached hydrogens (primary N) is 1. The lowest BCUT2D eigenvalue weighted by atomic mass is 10.1. The van der Waals surface area contributed by atoms with Crippen molar-refractivity contribution in [3.63, 3.8) is 0 Å². The Hall–Kier alpha value is -0.920. The minimum Gasteiger partial charge on any atom is -0.339 e. The van der Waals surface area contributed by atoms with Crippen molar-refractivity contribution in [3.8, 4) is 0 Å². The monoisotopic (exact) mass is 362 g/mol. The van der Waals surface area contributed by atoms with Gasteiger partial charge in [-0.1, -0.05) is 13.8 Å². The summed E-state index contributed by atoms with van der Waals surface area (Å²) in [5, 5.41) is 5.10. The second kappa shape index (κ2) is 6.69. The minimum atomic E-state index is -3.82. The van der Waals surface area contributed by atoms with Gasteiger partial charge in [-0.2, -0.15) is 0 Å². The molecule has 0 heterocycles. The summed E-state index contributed by atoms with van der Waals surface area (Å²) in [4.78, 5) is 14.1. The molecule has 0 unspecified atom stereocenters. The molecule has 0 aliphatic rings. The van der Waals surface area contributed by atoms with E-state index in [0.29, 0.717) is 29.0 Å². The highest BCUT2D eigenvalue weighted by atomic mass is 79.9. The summed E-state index contributed by atoms with van der Waals surface area (Å²) in [7, 11) is -3.82. The number of benzene rings is 1. The molecular formula is C13H19BrN2O3S. The highest BCUT2D eigenvalue weighted by Gasteiger charge is 2.20. The molecule has 1 amide bonds. The SMILES string of the molecule is CCN(CC(C)C)C(=O)c1cc(S(N)(=O)=O)ccc1Br. The third-order valence-corrected chi connectivity index (χ3v) is 4.35. The third kappa shape index (κ3) is 4.29. The summed E-state index contributed by atoms with van der Waals surface area (Å²) in [5.74, 6) is 0.123. The quantitative estimate of drug-likeness (QED) is 0.871. The van der Waals surface area contributed by atoms with Crippen molar-refractivity contribution >= 4 is 31.9 Å². The molecule has 2 N–H and O–H groups in total. The molecule has 0 spiro atoms. The number of hydrogen-bond acceptors (Lipinski definition) is 3. The summed E-state index contributed by atoms with van der Waals surface area (Å²) in [6, 6.07) is 4.20. The van der Waals surface area contributed by atoms with E-state index in [1.807, 2.05) is 20.8 Å². The average Bonchev–Trinajstić information content (AvgIpc) is 2.34. The van der Waals surface area contributed by atoms with Gasteiger partial charge in [0.25, 0.3) is 5.91 Å². The fraction of sp³-hybridized carbons (Fsp3) is 0.462. The number of halogens is 1. The molecule has 0 aromatic heterocycles. The van der Waals surface area contributed by atoms with Crippen molar-refractivity contribution < 1.29 is 13.2 Å². The maximum absolute atomic E-state index is 12.5. The first kappa shape index (κ1) is 17.1. The van der Waals surface area contributed by atoms with E-state index in [9.17, 15) is 13.2 Å². The third-order valence-electron chi connectivity index (χ3n) is 2.75. The molecule has 1 aromatic rings. The number of carbonyl (C=O) groups excluding carboxylic acids is 1. The van der Waals surface area contributed by atoms with Crippen LogP contribution in [0.3, 0.4) is 0 Å². The number of nitrogens with zero attached hydrogens (tertiary/aromatic N) is 1. The number of sulfonamides is 1. The first-order valence-electron chi connectivity index (χ1n) is 6.28. The van der Waals surface area contributed by atoms with Crippen LogP contribution in [0.4, 0.5) is 0 Å². The Balaban J connectivity index is 3.21. The van der Waals surface area contributed by atoms with Gasteiger partial charge in [-0.3, -0.25) is 4.79 Å². The van der Waals surface area contributed by atoms with E-state index in [0.717, 1.165) is 0 Å². The van der Waals surface area contributed by atoms with E-state index in [1.54, 1.807) is 4.90 Å². The number of hydrogen-bond donors (Lipinski definition) is 1. The van der Waals surface area contributed by atoms with Crippen LogP contribution in [0.1, 0.15) is 31.1 Å². The zero-order valence-corrected chi connectivity index (χ0v) is 14.2. The van der Waals surface area contributed by atoms with Gasteiger partial charge >= 0.3 is 0 Å². The molecule has 0 bridgehead atoms. The van der Waals surface area contributed by atoms with Gasteiger partial charge in [-0.25, -0.2) is 13.6 Å². The van der Waals surface area contributed by atoms with Crippen molar-refractivity contribution in [2.24, 2.45) is 11.1 Å². The molecule has 0 saturated carbocycles. The van der Waals surface area contributed by atoms with E-state index in [-0.39, 0.29) is 10.8 Å². The van der Waals surface area contributed by atoms with Crippen molar-refractivity contribution in [1.29, 1.82) is 0 Å². The first-order valence-corrected chi connectivity index (χ1v) is 8.62. The highest BCUT2D eigenvalue weighted by Crippen LogP contribution is 2.22. The fourth-order valence-corrected chi connectivity index (χ4v) is 2.77. The lowest BCUT2D eigenvalue weighted by Crippen LogP contribution is -2.34. The molecule has 0 saturated heterocycles. The van der Waals surface area contributed by atoms with Gasteiger partial charge in [0.05, 0.1) is 10.5 Å². The molecule has 0 atom stereocenters. The number of carbonyl (C=O) groups is 1. The molecule has 0 radical (unpaired) electrons. The number of rotatable bonds is 5. The lowest BCUT2D eigenvalue weighted by molar-refractivity contribution is 0.0744. The summed E-state index contributed by atoms with van der Waals surface area (Å²) < 4.78 is 23.3. The molecule has 112 valence electrons. The van der Waals surface area contributed by atoms with Crippen molar-refractivity contribution in [2.45, 2.75) is 25.7 Å². The van der Waals surface area contributed by atoms with Crippen LogP contribution in [0, 0.1) is 5.92 Å². The normalized spacial score (nSPS) is 11.7. The Morgan fingerprint density at radius 1 is 1.40 bits per heavy atom. The molecule has 0 aliphatic carbocycles. The molecular weight excluding hydrogens is 344 g/mol. The van der Waals surface area contributed by atoms with E-state index in [1.165, 1.54) is 18.2 Å². The standard InChI is InChI=1S/C13H19BrN2O3S/c1-4-16(8-9(2)3)13(17)11-7-10(20(15,18)19)5-6-12(11)14/h5-7,9H,4,8H2,1-3H3,(H2,15,18,19). The molecule has 20 heavy (non-hydrogen) atoms. The minimum absolute atomic E-state index is 0.0651. The Morgan fingerprint density at radius 3 is 2.45 bits per heavy atom. The van der Waals surface area contributed by atoms with Crippen LogP contribution < -0.4 is 5.14 Å². The second-order valence-corrected chi connectivity index (χ2v) is 7.34. The second-order valence-electron chi connectivity index (χ2n) is 4.92. The van der Waals surface area contributed by atoms with Gasteiger partial charge < -0.3 is 4.90 Å². The predicted molar refractivity (Wildman–Crippen MR) is 81.9 cm³/mol. The first-order chi connectivity index (χ1) is 9.16. The van der Waals surface area contributed by atoms with Crippen molar-refractivity contribution in [1.82, 2.24) is 4.90 Å². The number of amides is 1. The Kier molecular flexibility index (Phi) is 5.73. The maximum Gasteiger partial charge on any atom is 0.255 e. The Labute approximate surface area is 128 Å². The van der Waals surface area contributed by atoms with Crippen LogP contribution >= 0.6 is 15.9 Å². The smallest absolute Gasteiger partial charge is 0.255 e. The van der Waals surface area contributed by atoms with Gasteiger partial charge in [0, 0.05) is 17.6 Å². The highest BCUT2D eigenvalue weighted by molar-refractivity contribution is 9.10. The Bertz CT molecular complexity index is 600. The fourth-order valence-electron chi connectivity index (χ4n) is 1.81. The lowest BCUT2D eigenvalue weighted by Gasteiger charge is -2.23. The number of primary sulfonamides is 1. The summed E-state index contributed by atoms with van der Waals surface area (Å²) >= 11 is 3.28. The van der Waals surface area contributed by atoms with Gasteiger partial charge in [0.2, 0.25) is 10.0 Å². The molecule has 0 fully saturated rings. The van der Waals surface area contributed by atoms with Crippen LogP contribution in [-0.4, -0.2) is 32.3 Å². The van der Waals surface area contributed by atoms with Gasteiger partial charge in [-0.15, -0.1) is 0 Å². The molecule has 5 nitrogen and oxygen atoms in total. The van der Waals surface area contributed by atoms with Gasteiger partial charge in [-0.05, 0) is 47.0 Å². The van der Waals surface area contributed by atoms with Crippen LogP contribution in [-0.2, 0) is 10.0 Å². The van der Waals surface area contributed by atoms with E-state index >= 15 is 0 Å². The molecule has 7 heteroatoms. The van der Waals surface area contributed by atoms with E-state index in [2.05, 4.69) is 15.9 Å².